The van der Waals surface area contributed by atoms with Crippen molar-refractivity contribution in [2.75, 3.05) is 0 Å². The Kier molecular flexibility index (Phi) is 2.52. The van der Waals surface area contributed by atoms with Crippen molar-refractivity contribution in [3.63, 3.8) is 0 Å². The monoisotopic (exact) mass is 116 g/mol. The quantitative estimate of drug-likeness (QED) is 0.301. The van der Waals surface area contributed by atoms with Gasteiger partial charge in [0.15, 0.2) is 0 Å². The molecule has 0 aliphatic carbocycles. The van der Waals surface area contributed by atoms with Crippen LogP contribution in [0.15, 0.2) is 12.8 Å². The number of hydrogen-bond donors (Lipinski definition) is 2. The molecule has 7 heavy (non-hydrogen) atoms. The third-order valence-corrected chi connectivity index (χ3v) is 0.980. The zero-order valence-corrected chi connectivity index (χ0v) is 5.07. The molecule has 40 valence electrons. The van der Waals surface area contributed by atoms with Crippen LogP contribution in [0.3, 0.4) is 0 Å². The average Bonchev–Trinajstić information content (AvgIpc) is 1.65. The first kappa shape index (κ1) is 6.56. The van der Waals surface area contributed by atoms with Gasteiger partial charge in [-0.05, 0) is 6.92 Å². The van der Waals surface area contributed by atoms with Gasteiger partial charge in [0.05, 0.1) is 0 Å². The number of thiol groups is 1. The SMILES string of the molecule is C=CN(S)C(C)=N. The van der Waals surface area contributed by atoms with Crippen LogP contribution >= 0.6 is 12.8 Å². The normalized spacial score (nSPS) is 7.71. The van der Waals surface area contributed by atoms with E-state index in [-0.39, 0.29) is 0 Å². The third kappa shape index (κ3) is 2.28. The highest BCUT2D eigenvalue weighted by Crippen LogP contribution is 1.91. The van der Waals surface area contributed by atoms with Crippen LogP contribution < -0.4 is 0 Å². The minimum absolute atomic E-state index is 0.373. The Labute approximate surface area is 48.9 Å². The topological polar surface area (TPSA) is 27.1 Å². The predicted octanol–water partition coefficient (Wildman–Crippen LogP) is 1.27. The molecule has 0 amide bonds. The Morgan fingerprint density at radius 2 is 2.43 bits per heavy atom. The molecular weight excluding hydrogens is 108 g/mol. The summed E-state index contributed by atoms with van der Waals surface area (Å²) in [6.07, 6.45) is 1.46. The van der Waals surface area contributed by atoms with E-state index in [0.29, 0.717) is 5.84 Å². The van der Waals surface area contributed by atoms with Crippen LogP contribution in [0.25, 0.3) is 0 Å². The van der Waals surface area contributed by atoms with Gasteiger partial charge >= 0.3 is 0 Å². The summed E-state index contributed by atoms with van der Waals surface area (Å²) in [5.41, 5.74) is 0. The molecule has 0 fully saturated rings. The number of amidine groups is 1. The van der Waals surface area contributed by atoms with Gasteiger partial charge in [-0.2, -0.15) is 0 Å². The van der Waals surface area contributed by atoms with Crippen LogP contribution in [-0.2, 0) is 0 Å². The summed E-state index contributed by atoms with van der Waals surface area (Å²) in [4.78, 5) is 0. The van der Waals surface area contributed by atoms with Gasteiger partial charge in [-0.1, -0.05) is 19.4 Å². The van der Waals surface area contributed by atoms with Gasteiger partial charge < -0.3 is 0 Å². The molecule has 0 atom stereocenters. The molecule has 0 bridgehead atoms. The molecule has 0 saturated carbocycles. The van der Waals surface area contributed by atoms with Gasteiger partial charge in [0, 0.05) is 6.20 Å². The van der Waals surface area contributed by atoms with Crippen LogP contribution in [0.1, 0.15) is 6.92 Å². The molecule has 3 heteroatoms. The van der Waals surface area contributed by atoms with Crippen molar-refractivity contribution in [2.24, 2.45) is 0 Å². The summed E-state index contributed by atoms with van der Waals surface area (Å²) in [5.74, 6) is 0.373. The molecule has 0 rings (SSSR count). The molecule has 1 N–H and O–H groups in total. The second-order valence-electron chi connectivity index (χ2n) is 1.11. The van der Waals surface area contributed by atoms with E-state index in [1.165, 1.54) is 10.5 Å². The van der Waals surface area contributed by atoms with Crippen LogP contribution in [0.4, 0.5) is 0 Å². The van der Waals surface area contributed by atoms with Crippen molar-refractivity contribution in [1.29, 1.82) is 5.41 Å². The lowest BCUT2D eigenvalue weighted by atomic mass is 10.7. The number of nitrogens with one attached hydrogen (secondary N) is 1. The highest BCUT2D eigenvalue weighted by Gasteiger charge is 1.87. The second-order valence-corrected chi connectivity index (χ2v) is 1.54. The standard InChI is InChI=1S/C4H8N2S/c1-3-6(7)4(2)5/h3,5,7H,1H2,2H3. The van der Waals surface area contributed by atoms with Crippen LogP contribution in [0.5, 0.6) is 0 Å². The number of rotatable bonds is 1. The molecule has 0 aromatic carbocycles. The van der Waals surface area contributed by atoms with Crippen molar-refractivity contribution < 1.29 is 0 Å². The van der Waals surface area contributed by atoms with E-state index in [4.69, 9.17) is 5.41 Å². The summed E-state index contributed by atoms with van der Waals surface area (Å²) < 4.78 is 1.33. The van der Waals surface area contributed by atoms with Crippen molar-refractivity contribution in [2.45, 2.75) is 6.92 Å². The van der Waals surface area contributed by atoms with Gasteiger partial charge in [0.1, 0.15) is 5.84 Å². The Balaban J connectivity index is 3.55. The summed E-state index contributed by atoms with van der Waals surface area (Å²) in [5, 5.41) is 6.88. The van der Waals surface area contributed by atoms with Crippen molar-refractivity contribution >= 4 is 18.7 Å². The summed E-state index contributed by atoms with van der Waals surface area (Å²) >= 11 is 3.82. The van der Waals surface area contributed by atoms with E-state index < -0.39 is 0 Å². The van der Waals surface area contributed by atoms with Crippen LogP contribution in [-0.4, -0.2) is 10.1 Å². The Morgan fingerprint density at radius 3 is 2.43 bits per heavy atom. The maximum Gasteiger partial charge on any atom is 0.107 e. The van der Waals surface area contributed by atoms with Crippen LogP contribution in [0.2, 0.25) is 0 Å². The van der Waals surface area contributed by atoms with Gasteiger partial charge in [-0.25, -0.2) is 0 Å². The van der Waals surface area contributed by atoms with Gasteiger partial charge in [-0.3, -0.25) is 9.71 Å². The van der Waals surface area contributed by atoms with Gasteiger partial charge in [0.25, 0.3) is 0 Å². The van der Waals surface area contributed by atoms with E-state index in [0.717, 1.165) is 0 Å². The molecule has 0 aliphatic rings. The first-order valence-electron chi connectivity index (χ1n) is 1.84. The summed E-state index contributed by atoms with van der Waals surface area (Å²) in [6.45, 7) is 5.02. The Hall–Kier alpha value is -0.440. The minimum atomic E-state index is 0.373. The zero-order valence-electron chi connectivity index (χ0n) is 4.18. The fourth-order valence-corrected chi connectivity index (χ4v) is 0.137. The smallest absolute Gasteiger partial charge is 0.107 e. The largest absolute Gasteiger partial charge is 0.288 e. The minimum Gasteiger partial charge on any atom is -0.288 e. The summed E-state index contributed by atoms with van der Waals surface area (Å²) in [6, 6.07) is 0. The maximum absolute atomic E-state index is 6.88. The van der Waals surface area contributed by atoms with E-state index in [1.54, 1.807) is 6.92 Å². The van der Waals surface area contributed by atoms with Crippen molar-refractivity contribution in [1.82, 2.24) is 4.31 Å². The lowest BCUT2D eigenvalue weighted by Gasteiger charge is -2.05. The zero-order chi connectivity index (χ0) is 5.86. The highest BCUT2D eigenvalue weighted by molar-refractivity contribution is 7.78. The fourth-order valence-electron chi connectivity index (χ4n) is 0.137. The molecule has 0 spiro atoms. The average molecular weight is 116 g/mol. The van der Waals surface area contributed by atoms with E-state index >= 15 is 0 Å². The molecule has 0 unspecified atom stereocenters. The molecule has 0 heterocycles. The summed E-state index contributed by atoms with van der Waals surface area (Å²) in [7, 11) is 0. The molecule has 2 nitrogen and oxygen atoms in total. The number of hydrogen-bond acceptors (Lipinski definition) is 2. The highest BCUT2D eigenvalue weighted by atomic mass is 32.1. The molecule has 0 aromatic heterocycles. The lowest BCUT2D eigenvalue weighted by Crippen LogP contribution is -2.08. The molecule has 0 aromatic rings. The van der Waals surface area contributed by atoms with Crippen molar-refractivity contribution in [3.05, 3.63) is 12.8 Å². The van der Waals surface area contributed by atoms with Crippen molar-refractivity contribution in [3.8, 4) is 0 Å². The van der Waals surface area contributed by atoms with Crippen LogP contribution in [0, 0.1) is 5.41 Å². The molecule has 0 aliphatic heterocycles. The predicted molar refractivity (Wildman–Crippen MR) is 34.4 cm³/mol. The van der Waals surface area contributed by atoms with E-state index in [9.17, 15) is 0 Å². The first-order valence-corrected chi connectivity index (χ1v) is 2.24. The Bertz CT molecular complexity index is 89.7. The Morgan fingerprint density at radius 1 is 2.00 bits per heavy atom. The van der Waals surface area contributed by atoms with E-state index in [1.807, 2.05) is 0 Å². The lowest BCUT2D eigenvalue weighted by molar-refractivity contribution is 0.923. The van der Waals surface area contributed by atoms with Gasteiger partial charge in [-0.15, -0.1) is 0 Å². The first-order chi connectivity index (χ1) is 3.18. The second kappa shape index (κ2) is 2.69. The molecule has 0 radical (unpaired) electrons. The molecule has 0 saturated heterocycles. The van der Waals surface area contributed by atoms with Gasteiger partial charge in [0.2, 0.25) is 0 Å². The maximum atomic E-state index is 6.88. The molecular formula is C4H8N2S. The number of nitrogens with zero attached hydrogens (tertiary/aromatic N) is 1. The fraction of sp³-hybridized carbons (Fsp3) is 0.250. The third-order valence-electron chi connectivity index (χ3n) is 0.517. The van der Waals surface area contributed by atoms with E-state index in [2.05, 4.69) is 19.4 Å².